The summed E-state index contributed by atoms with van der Waals surface area (Å²) < 4.78 is 40.2. The van der Waals surface area contributed by atoms with Gasteiger partial charge in [-0.2, -0.15) is 0 Å². The summed E-state index contributed by atoms with van der Waals surface area (Å²) in [7, 11) is 0. The summed E-state index contributed by atoms with van der Waals surface area (Å²) in [5.74, 6) is -1.68. The summed E-state index contributed by atoms with van der Waals surface area (Å²) >= 11 is 0. The van der Waals surface area contributed by atoms with Gasteiger partial charge in [-0.05, 0) is 30.5 Å². The third-order valence-corrected chi connectivity index (χ3v) is 3.08. The molecule has 0 aliphatic carbocycles. The molecule has 0 spiro atoms. The van der Waals surface area contributed by atoms with Gasteiger partial charge in [-0.15, -0.1) is 0 Å². The van der Waals surface area contributed by atoms with Gasteiger partial charge in [-0.3, -0.25) is 0 Å². The topological polar surface area (TPSA) is 26.0 Å². The van der Waals surface area contributed by atoms with Crippen LogP contribution in [0.25, 0.3) is 0 Å². The van der Waals surface area contributed by atoms with E-state index in [9.17, 15) is 13.2 Å². The van der Waals surface area contributed by atoms with Gasteiger partial charge in [0.25, 0.3) is 0 Å². The maximum Gasteiger partial charge on any atom is 0.130 e. The first-order chi connectivity index (χ1) is 8.99. The van der Waals surface area contributed by atoms with Crippen molar-refractivity contribution in [1.29, 1.82) is 0 Å². The molecular weight excluding hydrogens is 251 g/mol. The molecule has 2 aromatic rings. The lowest BCUT2D eigenvalue weighted by molar-refractivity contribution is 0.548. The molecule has 2 N–H and O–H groups in total. The lowest BCUT2D eigenvalue weighted by Crippen LogP contribution is -2.16. The summed E-state index contributed by atoms with van der Waals surface area (Å²) in [5.41, 5.74) is 7.01. The van der Waals surface area contributed by atoms with Crippen molar-refractivity contribution in [2.45, 2.75) is 19.4 Å². The van der Waals surface area contributed by atoms with Crippen molar-refractivity contribution in [1.82, 2.24) is 0 Å². The van der Waals surface area contributed by atoms with Gasteiger partial charge in [0, 0.05) is 17.7 Å². The molecule has 100 valence electrons. The SMILES string of the molecule is Cc1cccc(C(N)Cc2ccc(F)cc2F)c1F. The van der Waals surface area contributed by atoms with Gasteiger partial charge in [0.15, 0.2) is 0 Å². The van der Waals surface area contributed by atoms with Crippen LogP contribution in [-0.4, -0.2) is 0 Å². The molecule has 0 fully saturated rings. The van der Waals surface area contributed by atoms with Crippen LogP contribution >= 0.6 is 0 Å². The van der Waals surface area contributed by atoms with Crippen molar-refractivity contribution in [3.8, 4) is 0 Å². The number of aryl methyl sites for hydroxylation is 1. The number of nitrogens with two attached hydrogens (primary N) is 1. The van der Waals surface area contributed by atoms with E-state index in [1.165, 1.54) is 6.07 Å². The van der Waals surface area contributed by atoms with Crippen LogP contribution in [0.5, 0.6) is 0 Å². The van der Waals surface area contributed by atoms with Crippen molar-refractivity contribution in [2.24, 2.45) is 5.73 Å². The van der Waals surface area contributed by atoms with E-state index in [1.54, 1.807) is 25.1 Å². The Labute approximate surface area is 109 Å². The lowest BCUT2D eigenvalue weighted by Gasteiger charge is -2.14. The van der Waals surface area contributed by atoms with Crippen LogP contribution in [0.15, 0.2) is 36.4 Å². The molecular formula is C15H14F3N. The monoisotopic (exact) mass is 265 g/mol. The van der Waals surface area contributed by atoms with Crippen LogP contribution in [0.3, 0.4) is 0 Å². The summed E-state index contributed by atoms with van der Waals surface area (Å²) in [5, 5.41) is 0. The number of hydrogen-bond acceptors (Lipinski definition) is 1. The molecule has 0 saturated carbocycles. The Bertz CT molecular complexity index is 596. The maximum absolute atomic E-state index is 13.9. The molecule has 1 nitrogen and oxygen atoms in total. The van der Waals surface area contributed by atoms with E-state index in [1.807, 2.05) is 0 Å². The highest BCUT2D eigenvalue weighted by molar-refractivity contribution is 5.29. The molecule has 1 unspecified atom stereocenters. The normalized spacial score (nSPS) is 12.5. The summed E-state index contributed by atoms with van der Waals surface area (Å²) in [6, 6.07) is 7.55. The van der Waals surface area contributed by atoms with Gasteiger partial charge in [-0.25, -0.2) is 13.2 Å². The summed E-state index contributed by atoms with van der Waals surface area (Å²) in [6.45, 7) is 1.64. The second-order valence-electron chi connectivity index (χ2n) is 4.52. The zero-order chi connectivity index (χ0) is 14.0. The van der Waals surface area contributed by atoms with Crippen molar-refractivity contribution in [3.05, 3.63) is 70.5 Å². The Morgan fingerprint density at radius 3 is 2.53 bits per heavy atom. The minimum atomic E-state index is -0.667. The van der Waals surface area contributed by atoms with Crippen molar-refractivity contribution in [2.75, 3.05) is 0 Å². The van der Waals surface area contributed by atoms with Crippen LogP contribution in [0.4, 0.5) is 13.2 Å². The Morgan fingerprint density at radius 2 is 1.84 bits per heavy atom. The van der Waals surface area contributed by atoms with Crippen molar-refractivity contribution < 1.29 is 13.2 Å². The fourth-order valence-electron chi connectivity index (χ4n) is 1.99. The van der Waals surface area contributed by atoms with E-state index in [0.717, 1.165) is 12.1 Å². The Balaban J connectivity index is 2.25. The van der Waals surface area contributed by atoms with E-state index in [4.69, 9.17) is 5.73 Å². The maximum atomic E-state index is 13.9. The lowest BCUT2D eigenvalue weighted by atomic mass is 9.97. The molecule has 0 aliphatic rings. The first-order valence-corrected chi connectivity index (χ1v) is 5.93. The number of benzene rings is 2. The molecule has 2 aromatic carbocycles. The van der Waals surface area contributed by atoms with Crippen LogP contribution in [-0.2, 0) is 6.42 Å². The number of hydrogen-bond donors (Lipinski definition) is 1. The highest BCUT2D eigenvalue weighted by Crippen LogP contribution is 2.22. The predicted molar refractivity (Wildman–Crippen MR) is 68.1 cm³/mol. The van der Waals surface area contributed by atoms with Gasteiger partial charge in [0.2, 0.25) is 0 Å². The van der Waals surface area contributed by atoms with Crippen LogP contribution in [0, 0.1) is 24.4 Å². The second kappa shape index (κ2) is 5.45. The predicted octanol–water partition coefficient (Wildman–Crippen LogP) is 3.65. The van der Waals surface area contributed by atoms with Gasteiger partial charge in [0.05, 0.1) is 0 Å². The van der Waals surface area contributed by atoms with Crippen LogP contribution in [0.2, 0.25) is 0 Å². The van der Waals surface area contributed by atoms with E-state index < -0.39 is 17.7 Å². The summed E-state index contributed by atoms with van der Waals surface area (Å²) in [4.78, 5) is 0. The Morgan fingerprint density at radius 1 is 1.11 bits per heavy atom. The largest absolute Gasteiger partial charge is 0.324 e. The minimum Gasteiger partial charge on any atom is -0.324 e. The van der Waals surface area contributed by atoms with E-state index in [0.29, 0.717) is 11.1 Å². The summed E-state index contributed by atoms with van der Waals surface area (Å²) in [6.07, 6.45) is 0.118. The molecule has 0 radical (unpaired) electrons. The number of halogens is 3. The zero-order valence-corrected chi connectivity index (χ0v) is 10.5. The number of rotatable bonds is 3. The molecule has 0 aliphatic heterocycles. The zero-order valence-electron chi connectivity index (χ0n) is 10.5. The first-order valence-electron chi connectivity index (χ1n) is 5.93. The van der Waals surface area contributed by atoms with Crippen LogP contribution < -0.4 is 5.73 Å². The van der Waals surface area contributed by atoms with E-state index >= 15 is 0 Å². The van der Waals surface area contributed by atoms with Gasteiger partial charge in [0.1, 0.15) is 17.5 Å². The van der Waals surface area contributed by atoms with E-state index in [-0.39, 0.29) is 17.8 Å². The van der Waals surface area contributed by atoms with Crippen molar-refractivity contribution >= 4 is 0 Å². The standard InChI is InChI=1S/C15H14F3N/c1-9-3-2-4-12(15(9)18)14(19)7-10-5-6-11(16)8-13(10)17/h2-6,8,14H,7,19H2,1H3. The molecule has 0 aromatic heterocycles. The third kappa shape index (κ3) is 2.96. The Hall–Kier alpha value is -1.81. The fraction of sp³-hybridized carbons (Fsp3) is 0.200. The molecule has 19 heavy (non-hydrogen) atoms. The molecule has 1 atom stereocenters. The van der Waals surface area contributed by atoms with Gasteiger partial charge >= 0.3 is 0 Å². The molecule has 2 rings (SSSR count). The first kappa shape index (κ1) is 13.6. The molecule has 0 bridgehead atoms. The van der Waals surface area contributed by atoms with Crippen molar-refractivity contribution in [3.63, 3.8) is 0 Å². The molecule has 4 heteroatoms. The molecule has 0 saturated heterocycles. The highest BCUT2D eigenvalue weighted by Gasteiger charge is 2.15. The fourth-order valence-corrected chi connectivity index (χ4v) is 1.99. The third-order valence-electron chi connectivity index (χ3n) is 3.08. The quantitative estimate of drug-likeness (QED) is 0.900. The molecule has 0 heterocycles. The average molecular weight is 265 g/mol. The molecule has 0 amide bonds. The Kier molecular flexibility index (Phi) is 3.90. The van der Waals surface area contributed by atoms with Crippen LogP contribution in [0.1, 0.15) is 22.7 Å². The smallest absolute Gasteiger partial charge is 0.130 e. The van der Waals surface area contributed by atoms with Gasteiger partial charge in [-0.1, -0.05) is 24.3 Å². The van der Waals surface area contributed by atoms with E-state index in [2.05, 4.69) is 0 Å². The van der Waals surface area contributed by atoms with Gasteiger partial charge < -0.3 is 5.73 Å². The highest BCUT2D eigenvalue weighted by atomic mass is 19.1. The minimum absolute atomic E-state index is 0.118. The average Bonchev–Trinajstić information content (AvgIpc) is 2.36. The second-order valence-corrected chi connectivity index (χ2v) is 4.52.